The van der Waals surface area contributed by atoms with Gasteiger partial charge in [-0.3, -0.25) is 4.79 Å². The molecule has 2 rings (SSSR count). The van der Waals surface area contributed by atoms with Gasteiger partial charge in [-0.1, -0.05) is 29.8 Å². The topological polar surface area (TPSA) is 44.1 Å². The normalized spacial score (nSPS) is 17.0. The third-order valence-electron chi connectivity index (χ3n) is 3.78. The molecule has 1 aromatic carbocycles. The number of halogens is 1. The third kappa shape index (κ3) is 5.34. The molecule has 0 aliphatic carbocycles. The molecule has 0 N–H and O–H groups in total. The van der Waals surface area contributed by atoms with Crippen LogP contribution in [-0.2, 0) is 4.79 Å². The maximum Gasteiger partial charge on any atom is 0.156 e. The maximum atomic E-state index is 11.9. The fraction of sp³-hybridized carbons (Fsp3) is 0.412. The number of hydrogen-bond donors (Lipinski definition) is 0. The van der Waals surface area contributed by atoms with Crippen molar-refractivity contribution in [1.82, 2.24) is 4.90 Å². The molecule has 4 heteroatoms. The second kappa shape index (κ2) is 7.97. The van der Waals surface area contributed by atoms with E-state index in [1.165, 1.54) is 0 Å². The summed E-state index contributed by atoms with van der Waals surface area (Å²) in [6, 6.07) is 9.71. The third-order valence-corrected chi connectivity index (χ3v) is 4.03. The van der Waals surface area contributed by atoms with Crippen molar-refractivity contribution in [3.63, 3.8) is 0 Å². The van der Waals surface area contributed by atoms with Gasteiger partial charge in [-0.25, -0.2) is 0 Å². The molecule has 1 fully saturated rings. The first-order valence-corrected chi connectivity index (χ1v) is 7.63. The number of likely N-dealkylation sites (tertiary alicyclic amines) is 1. The van der Waals surface area contributed by atoms with Crippen molar-refractivity contribution in [2.24, 2.45) is 5.92 Å². The minimum atomic E-state index is 0.132. The Labute approximate surface area is 130 Å². The van der Waals surface area contributed by atoms with Crippen LogP contribution in [-0.4, -0.2) is 30.3 Å². The Hall–Kier alpha value is -1.63. The molecule has 0 amide bonds. The Kier molecular flexibility index (Phi) is 5.98. The molecule has 0 aromatic heterocycles. The summed E-state index contributed by atoms with van der Waals surface area (Å²) in [6.45, 7) is 2.63. The Balaban J connectivity index is 1.73. The molecule has 0 atom stereocenters. The zero-order valence-electron chi connectivity index (χ0n) is 12.0. The lowest BCUT2D eigenvalue weighted by Gasteiger charge is -2.28. The summed E-state index contributed by atoms with van der Waals surface area (Å²) in [5.41, 5.74) is 0.975. The standard InChI is InChI=1S/C17H19ClN2O/c18-16-4-1-14(2-5-16)3-6-17(21)9-12-20-10-7-15(13-19)8-11-20/h1-6,15H,7-12H2/b6-3+. The van der Waals surface area contributed by atoms with E-state index >= 15 is 0 Å². The zero-order chi connectivity index (χ0) is 15.1. The first kappa shape index (κ1) is 15.8. The van der Waals surface area contributed by atoms with Crippen molar-refractivity contribution >= 4 is 23.5 Å². The van der Waals surface area contributed by atoms with Gasteiger partial charge in [-0.15, -0.1) is 0 Å². The number of benzene rings is 1. The van der Waals surface area contributed by atoms with Crippen molar-refractivity contribution < 1.29 is 4.79 Å². The minimum Gasteiger partial charge on any atom is -0.303 e. The van der Waals surface area contributed by atoms with Crippen LogP contribution in [0, 0.1) is 17.2 Å². The van der Waals surface area contributed by atoms with Crippen LogP contribution in [0.3, 0.4) is 0 Å². The summed E-state index contributed by atoms with van der Waals surface area (Å²) in [7, 11) is 0. The summed E-state index contributed by atoms with van der Waals surface area (Å²) >= 11 is 5.81. The molecule has 1 aliphatic heterocycles. The number of allylic oxidation sites excluding steroid dienone is 1. The maximum absolute atomic E-state index is 11.9. The van der Waals surface area contributed by atoms with E-state index in [9.17, 15) is 4.79 Å². The molecule has 1 heterocycles. The van der Waals surface area contributed by atoms with E-state index in [-0.39, 0.29) is 11.7 Å². The molecule has 1 aromatic rings. The van der Waals surface area contributed by atoms with Crippen molar-refractivity contribution in [1.29, 1.82) is 5.26 Å². The van der Waals surface area contributed by atoms with E-state index in [1.54, 1.807) is 6.08 Å². The van der Waals surface area contributed by atoms with E-state index in [0.717, 1.165) is 38.0 Å². The summed E-state index contributed by atoms with van der Waals surface area (Å²) in [5.74, 6) is 0.328. The molecule has 3 nitrogen and oxygen atoms in total. The van der Waals surface area contributed by atoms with Crippen molar-refractivity contribution in [2.45, 2.75) is 19.3 Å². The lowest BCUT2D eigenvalue weighted by atomic mass is 9.98. The SMILES string of the molecule is N#CC1CCN(CCC(=O)/C=C/c2ccc(Cl)cc2)CC1. The van der Waals surface area contributed by atoms with Crippen molar-refractivity contribution in [3.8, 4) is 6.07 Å². The van der Waals surface area contributed by atoms with Gasteiger partial charge in [0, 0.05) is 23.9 Å². The number of nitrogens with zero attached hydrogens (tertiary/aromatic N) is 2. The average Bonchev–Trinajstić information content (AvgIpc) is 2.53. The van der Waals surface area contributed by atoms with Gasteiger partial charge in [0.25, 0.3) is 0 Å². The van der Waals surface area contributed by atoms with Crippen molar-refractivity contribution in [3.05, 3.63) is 40.9 Å². The molecule has 0 saturated carbocycles. The highest BCUT2D eigenvalue weighted by atomic mass is 35.5. The fourth-order valence-corrected chi connectivity index (χ4v) is 2.53. The second-order valence-electron chi connectivity index (χ2n) is 5.35. The molecule has 0 unspecified atom stereocenters. The molecular formula is C17H19ClN2O. The number of ketones is 1. The van der Waals surface area contributed by atoms with Gasteiger partial charge in [0.1, 0.15) is 0 Å². The van der Waals surface area contributed by atoms with Gasteiger partial charge in [-0.2, -0.15) is 5.26 Å². The van der Waals surface area contributed by atoms with E-state index < -0.39 is 0 Å². The van der Waals surface area contributed by atoms with Crippen LogP contribution in [0.5, 0.6) is 0 Å². The number of nitriles is 1. The lowest BCUT2D eigenvalue weighted by Crippen LogP contribution is -2.34. The van der Waals surface area contributed by atoms with Gasteiger partial charge in [0.15, 0.2) is 5.78 Å². The Morgan fingerprint density at radius 3 is 2.62 bits per heavy atom. The fourth-order valence-electron chi connectivity index (χ4n) is 2.40. The predicted molar refractivity (Wildman–Crippen MR) is 84.9 cm³/mol. The number of carbonyl (C=O) groups excluding carboxylic acids is 1. The summed E-state index contributed by atoms with van der Waals surface area (Å²) in [5, 5.41) is 9.54. The van der Waals surface area contributed by atoms with Crippen LogP contribution in [0.1, 0.15) is 24.8 Å². The number of piperidine rings is 1. The zero-order valence-corrected chi connectivity index (χ0v) is 12.7. The predicted octanol–water partition coefficient (Wildman–Crippen LogP) is 3.55. The van der Waals surface area contributed by atoms with Crippen LogP contribution >= 0.6 is 11.6 Å². The highest BCUT2D eigenvalue weighted by Crippen LogP contribution is 2.16. The highest BCUT2D eigenvalue weighted by molar-refractivity contribution is 6.30. The first-order valence-electron chi connectivity index (χ1n) is 7.26. The molecule has 0 bridgehead atoms. The van der Waals surface area contributed by atoms with E-state index in [4.69, 9.17) is 16.9 Å². The van der Waals surface area contributed by atoms with E-state index in [1.807, 2.05) is 30.3 Å². The highest BCUT2D eigenvalue weighted by Gasteiger charge is 2.18. The summed E-state index contributed by atoms with van der Waals surface area (Å²) < 4.78 is 0. The summed E-state index contributed by atoms with van der Waals surface area (Å²) in [4.78, 5) is 14.1. The van der Waals surface area contributed by atoms with Crippen LogP contribution < -0.4 is 0 Å². The van der Waals surface area contributed by atoms with Gasteiger partial charge in [-0.05, 0) is 49.7 Å². The molecule has 21 heavy (non-hydrogen) atoms. The van der Waals surface area contributed by atoms with Crippen LogP contribution in [0.15, 0.2) is 30.3 Å². The molecule has 1 saturated heterocycles. The molecular weight excluding hydrogens is 284 g/mol. The van der Waals surface area contributed by atoms with Crippen LogP contribution in [0.25, 0.3) is 6.08 Å². The molecule has 1 aliphatic rings. The smallest absolute Gasteiger partial charge is 0.156 e. The number of carbonyl (C=O) groups is 1. The first-order chi connectivity index (χ1) is 10.2. The Morgan fingerprint density at radius 1 is 1.33 bits per heavy atom. The van der Waals surface area contributed by atoms with Gasteiger partial charge >= 0.3 is 0 Å². The minimum absolute atomic E-state index is 0.132. The van der Waals surface area contributed by atoms with E-state index in [0.29, 0.717) is 11.4 Å². The quantitative estimate of drug-likeness (QED) is 0.781. The Morgan fingerprint density at radius 2 is 2.00 bits per heavy atom. The average molecular weight is 303 g/mol. The monoisotopic (exact) mass is 302 g/mol. The van der Waals surface area contributed by atoms with Gasteiger partial charge < -0.3 is 4.90 Å². The van der Waals surface area contributed by atoms with Gasteiger partial charge in [0.2, 0.25) is 0 Å². The molecule has 0 spiro atoms. The number of rotatable bonds is 5. The van der Waals surface area contributed by atoms with Crippen LogP contribution in [0.2, 0.25) is 5.02 Å². The van der Waals surface area contributed by atoms with Crippen LogP contribution in [0.4, 0.5) is 0 Å². The van der Waals surface area contributed by atoms with E-state index in [2.05, 4.69) is 11.0 Å². The van der Waals surface area contributed by atoms with Crippen molar-refractivity contribution in [2.75, 3.05) is 19.6 Å². The molecule has 110 valence electrons. The summed E-state index contributed by atoms with van der Waals surface area (Å²) in [6.07, 6.45) is 5.82. The second-order valence-corrected chi connectivity index (χ2v) is 5.78. The van der Waals surface area contributed by atoms with Gasteiger partial charge in [0.05, 0.1) is 6.07 Å². The molecule has 0 radical (unpaired) electrons. The Bertz CT molecular complexity index is 537. The lowest BCUT2D eigenvalue weighted by molar-refractivity contribution is -0.114. The largest absolute Gasteiger partial charge is 0.303 e. The number of hydrogen-bond acceptors (Lipinski definition) is 3.